The third-order valence-electron chi connectivity index (χ3n) is 6.10. The Morgan fingerprint density at radius 3 is 2.52 bits per heavy atom. The second-order valence-electron chi connectivity index (χ2n) is 8.18. The van der Waals surface area contributed by atoms with Gasteiger partial charge in [0.15, 0.2) is 0 Å². The first-order chi connectivity index (χ1) is 13.9. The van der Waals surface area contributed by atoms with Crippen LogP contribution in [0.3, 0.4) is 0 Å². The molecule has 0 radical (unpaired) electrons. The number of benzene rings is 1. The molecule has 2 fully saturated rings. The van der Waals surface area contributed by atoms with Crippen LogP contribution in [0.5, 0.6) is 0 Å². The van der Waals surface area contributed by atoms with Crippen molar-refractivity contribution in [2.75, 3.05) is 32.6 Å². The fraction of sp³-hybridized carbons (Fsp3) is 0.667. The van der Waals surface area contributed by atoms with E-state index in [2.05, 4.69) is 5.32 Å². The van der Waals surface area contributed by atoms with E-state index < -0.39 is 27.8 Å². The Labute approximate surface area is 174 Å². The fourth-order valence-electron chi connectivity index (χ4n) is 3.91. The molecular weight excluding hydrogens is 395 g/mol. The number of aliphatic hydroxyl groups is 1. The molecule has 1 aromatic rings. The van der Waals surface area contributed by atoms with Crippen molar-refractivity contribution < 1.29 is 23.2 Å². The zero-order valence-electron chi connectivity index (χ0n) is 17.2. The number of aliphatic hydroxyl groups excluding tert-OH is 1. The highest BCUT2D eigenvalue weighted by molar-refractivity contribution is 7.81. The lowest BCUT2D eigenvalue weighted by molar-refractivity contribution is -0.131. The molecule has 2 aliphatic rings. The molecule has 1 saturated heterocycles. The van der Waals surface area contributed by atoms with E-state index in [9.17, 15) is 18.5 Å². The van der Waals surface area contributed by atoms with Crippen LogP contribution in [0.15, 0.2) is 18.2 Å². The maximum atomic E-state index is 15.0. The number of rotatable bonds is 9. The van der Waals surface area contributed by atoms with E-state index in [1.165, 1.54) is 6.07 Å². The van der Waals surface area contributed by atoms with Crippen molar-refractivity contribution in [2.45, 2.75) is 56.5 Å². The van der Waals surface area contributed by atoms with Crippen LogP contribution in [0, 0.1) is 5.82 Å². The molecule has 162 valence electrons. The summed E-state index contributed by atoms with van der Waals surface area (Å²) in [4.78, 5) is 13.2. The van der Waals surface area contributed by atoms with Crippen molar-refractivity contribution in [3.05, 3.63) is 35.1 Å². The lowest BCUT2D eigenvalue weighted by Crippen LogP contribution is -2.52. The van der Waals surface area contributed by atoms with Crippen LogP contribution in [0.2, 0.25) is 0 Å². The summed E-state index contributed by atoms with van der Waals surface area (Å²) in [7, 11) is -1.18. The SMILES string of the molecule is CCCN(Cc1ccc(C2(C(=O)NC3(CO)CC3)CCOCC2)cc1F)S(C)=O. The minimum Gasteiger partial charge on any atom is -0.394 e. The van der Waals surface area contributed by atoms with Gasteiger partial charge in [-0.2, -0.15) is 0 Å². The van der Waals surface area contributed by atoms with Gasteiger partial charge in [0.25, 0.3) is 0 Å². The lowest BCUT2D eigenvalue weighted by atomic mass is 9.73. The molecule has 1 unspecified atom stereocenters. The van der Waals surface area contributed by atoms with Crippen LogP contribution < -0.4 is 5.32 Å². The summed E-state index contributed by atoms with van der Waals surface area (Å²) in [5.41, 5.74) is -0.284. The quantitative estimate of drug-likeness (QED) is 0.633. The van der Waals surface area contributed by atoms with Crippen LogP contribution in [0.1, 0.15) is 50.2 Å². The van der Waals surface area contributed by atoms with E-state index in [0.717, 1.165) is 19.3 Å². The Bertz CT molecular complexity index is 763. The standard InChI is InChI=1S/C21H31FN2O4S/c1-3-10-24(29(2)27)14-16-4-5-17(13-18(16)22)21(8-11-28-12-9-21)19(26)23-20(15-25)6-7-20/h4-5,13,25H,3,6-12,14-15H2,1-2H3,(H,23,26). The third kappa shape index (κ3) is 4.87. The smallest absolute Gasteiger partial charge is 0.231 e. The molecule has 1 atom stereocenters. The Balaban J connectivity index is 1.86. The van der Waals surface area contributed by atoms with Crippen molar-refractivity contribution in [2.24, 2.45) is 0 Å². The second-order valence-corrected chi connectivity index (χ2v) is 9.54. The van der Waals surface area contributed by atoms with Crippen molar-refractivity contribution in [3.63, 3.8) is 0 Å². The van der Waals surface area contributed by atoms with Gasteiger partial charge >= 0.3 is 0 Å². The number of hydrogen-bond acceptors (Lipinski definition) is 4. The molecule has 0 aromatic heterocycles. The highest BCUT2D eigenvalue weighted by atomic mass is 32.2. The molecule has 1 aliphatic heterocycles. The lowest BCUT2D eigenvalue weighted by Gasteiger charge is -2.37. The average molecular weight is 427 g/mol. The summed E-state index contributed by atoms with van der Waals surface area (Å²) >= 11 is 0. The molecule has 1 saturated carbocycles. The van der Waals surface area contributed by atoms with Gasteiger partial charge in [-0.3, -0.25) is 4.79 Å². The van der Waals surface area contributed by atoms with Crippen LogP contribution >= 0.6 is 0 Å². The molecule has 8 heteroatoms. The Hall–Kier alpha value is -1.35. The Morgan fingerprint density at radius 2 is 2.00 bits per heavy atom. The molecule has 2 N–H and O–H groups in total. The maximum absolute atomic E-state index is 15.0. The summed E-state index contributed by atoms with van der Waals surface area (Å²) in [6.45, 7) is 3.66. The number of ether oxygens (including phenoxy) is 1. The Morgan fingerprint density at radius 1 is 1.31 bits per heavy atom. The van der Waals surface area contributed by atoms with Crippen LogP contribution in [0.4, 0.5) is 4.39 Å². The van der Waals surface area contributed by atoms with Gasteiger partial charge in [0.1, 0.15) is 5.82 Å². The zero-order chi connectivity index (χ0) is 21.1. The summed E-state index contributed by atoms with van der Waals surface area (Å²) in [5, 5.41) is 12.6. The van der Waals surface area contributed by atoms with Gasteiger partial charge in [-0.15, -0.1) is 0 Å². The molecule has 1 aromatic carbocycles. The zero-order valence-corrected chi connectivity index (χ0v) is 18.0. The van der Waals surface area contributed by atoms with Gasteiger partial charge in [-0.05, 0) is 43.7 Å². The highest BCUT2D eigenvalue weighted by Gasteiger charge is 2.49. The number of carbonyl (C=O) groups is 1. The van der Waals surface area contributed by atoms with Gasteiger partial charge in [-0.1, -0.05) is 19.1 Å². The highest BCUT2D eigenvalue weighted by Crippen LogP contribution is 2.40. The first-order valence-corrected chi connectivity index (χ1v) is 11.8. The predicted octanol–water partition coefficient (Wildman–Crippen LogP) is 2.02. The number of hydrogen-bond donors (Lipinski definition) is 2. The normalized spacial score (nSPS) is 21.0. The van der Waals surface area contributed by atoms with Gasteiger partial charge in [0, 0.05) is 38.1 Å². The number of amides is 1. The predicted molar refractivity (Wildman–Crippen MR) is 110 cm³/mol. The van der Waals surface area contributed by atoms with Crippen molar-refractivity contribution in [3.8, 4) is 0 Å². The minimum absolute atomic E-state index is 0.0833. The summed E-state index contributed by atoms with van der Waals surface area (Å²) in [5.74, 6) is -0.558. The summed E-state index contributed by atoms with van der Waals surface area (Å²) in [6, 6.07) is 4.95. The molecule has 29 heavy (non-hydrogen) atoms. The largest absolute Gasteiger partial charge is 0.394 e. The van der Waals surface area contributed by atoms with Crippen LogP contribution in [-0.4, -0.2) is 57.7 Å². The topological polar surface area (TPSA) is 78.9 Å². The van der Waals surface area contributed by atoms with Crippen LogP contribution in [0.25, 0.3) is 0 Å². The first kappa shape index (κ1) is 22.3. The summed E-state index contributed by atoms with van der Waals surface area (Å²) < 4.78 is 34.1. The van der Waals surface area contributed by atoms with E-state index in [1.54, 1.807) is 16.6 Å². The Kier molecular flexibility index (Phi) is 7.09. The monoisotopic (exact) mass is 426 g/mol. The van der Waals surface area contributed by atoms with E-state index in [4.69, 9.17) is 4.74 Å². The van der Waals surface area contributed by atoms with E-state index in [-0.39, 0.29) is 19.1 Å². The van der Waals surface area contributed by atoms with Gasteiger partial charge in [0.2, 0.25) is 5.91 Å². The molecule has 3 rings (SSSR count). The van der Waals surface area contributed by atoms with Crippen molar-refractivity contribution >= 4 is 16.9 Å². The minimum atomic E-state index is -1.18. The second kappa shape index (κ2) is 9.20. The number of nitrogens with one attached hydrogen (secondary N) is 1. The van der Waals surface area contributed by atoms with Crippen molar-refractivity contribution in [1.82, 2.24) is 9.62 Å². The molecule has 1 aliphatic carbocycles. The molecule has 6 nitrogen and oxygen atoms in total. The molecule has 0 spiro atoms. The van der Waals surface area contributed by atoms with Crippen molar-refractivity contribution in [1.29, 1.82) is 0 Å². The molecular formula is C21H31FN2O4S. The van der Waals surface area contributed by atoms with E-state index in [1.807, 2.05) is 13.0 Å². The van der Waals surface area contributed by atoms with E-state index in [0.29, 0.717) is 43.7 Å². The first-order valence-electron chi connectivity index (χ1n) is 10.2. The number of carbonyl (C=O) groups excluding carboxylic acids is 1. The van der Waals surface area contributed by atoms with Gasteiger partial charge in [0.05, 0.1) is 28.5 Å². The van der Waals surface area contributed by atoms with Gasteiger partial charge in [-0.25, -0.2) is 12.9 Å². The molecule has 0 bridgehead atoms. The maximum Gasteiger partial charge on any atom is 0.231 e. The third-order valence-corrected chi connectivity index (χ3v) is 7.14. The summed E-state index contributed by atoms with van der Waals surface area (Å²) in [6.07, 6.45) is 4.89. The molecule has 1 amide bonds. The van der Waals surface area contributed by atoms with Gasteiger partial charge < -0.3 is 15.2 Å². The average Bonchev–Trinajstić information content (AvgIpc) is 3.49. The van der Waals surface area contributed by atoms with Crippen LogP contribution in [-0.2, 0) is 32.5 Å². The fourth-order valence-corrected chi connectivity index (χ4v) is 4.67. The number of nitrogens with zero attached hydrogens (tertiary/aromatic N) is 1. The molecule has 1 heterocycles. The number of halogens is 1. The van der Waals surface area contributed by atoms with E-state index >= 15 is 0 Å².